The first kappa shape index (κ1) is 9.63. The van der Waals surface area contributed by atoms with Crippen LogP contribution >= 0.6 is 0 Å². The molecule has 5 heteroatoms. The van der Waals surface area contributed by atoms with Crippen molar-refractivity contribution < 1.29 is 14.4 Å². The van der Waals surface area contributed by atoms with Gasteiger partial charge in [-0.2, -0.15) is 0 Å². The van der Waals surface area contributed by atoms with E-state index in [2.05, 4.69) is 20.0 Å². The van der Waals surface area contributed by atoms with Crippen molar-refractivity contribution in [3.05, 3.63) is 30.1 Å². The minimum absolute atomic E-state index is 0.0246. The Kier molecular flexibility index (Phi) is 3.87. The van der Waals surface area contributed by atoms with Crippen LogP contribution in [0.3, 0.4) is 0 Å². The molecule has 0 fully saturated rings. The van der Waals surface area contributed by atoms with Crippen LogP contribution in [0.25, 0.3) is 0 Å². The molecule has 13 heavy (non-hydrogen) atoms. The van der Waals surface area contributed by atoms with Gasteiger partial charge in [-0.1, -0.05) is 0 Å². The number of ether oxygens (including phenoxy) is 1. The number of hydrogen-bond donors (Lipinski definition) is 1. The van der Waals surface area contributed by atoms with E-state index in [9.17, 15) is 4.79 Å². The monoisotopic (exact) mass is 182 g/mol. The van der Waals surface area contributed by atoms with Crippen molar-refractivity contribution in [2.45, 2.75) is 0 Å². The van der Waals surface area contributed by atoms with Gasteiger partial charge in [0, 0.05) is 25.1 Å². The number of pyridine rings is 1. The third kappa shape index (κ3) is 3.18. The number of methoxy groups -OCH3 is 1. The molecule has 0 spiro atoms. The second-order valence-electron chi connectivity index (χ2n) is 2.22. The van der Waals surface area contributed by atoms with Crippen LogP contribution in [0.2, 0.25) is 0 Å². The SMILES string of the molecule is COCONC(=O)c1ccncc1. The fourth-order valence-electron chi connectivity index (χ4n) is 0.716. The molecule has 0 aliphatic heterocycles. The third-order valence-electron chi connectivity index (χ3n) is 1.28. The quantitative estimate of drug-likeness (QED) is 0.414. The lowest BCUT2D eigenvalue weighted by Crippen LogP contribution is -2.24. The maximum Gasteiger partial charge on any atom is 0.275 e. The lowest BCUT2D eigenvalue weighted by Gasteiger charge is -2.03. The van der Waals surface area contributed by atoms with Crippen molar-refractivity contribution in [1.82, 2.24) is 10.5 Å². The van der Waals surface area contributed by atoms with Gasteiger partial charge in [0.25, 0.3) is 5.91 Å². The van der Waals surface area contributed by atoms with Crippen molar-refractivity contribution in [2.24, 2.45) is 0 Å². The molecule has 1 aromatic rings. The molecule has 1 N–H and O–H groups in total. The zero-order chi connectivity index (χ0) is 9.52. The zero-order valence-electron chi connectivity index (χ0n) is 7.19. The Labute approximate surface area is 75.6 Å². The Morgan fingerprint density at radius 2 is 2.23 bits per heavy atom. The molecular weight excluding hydrogens is 172 g/mol. The molecule has 0 saturated carbocycles. The van der Waals surface area contributed by atoms with E-state index in [1.807, 2.05) is 0 Å². The molecule has 0 saturated heterocycles. The van der Waals surface area contributed by atoms with Crippen molar-refractivity contribution in [1.29, 1.82) is 0 Å². The van der Waals surface area contributed by atoms with Crippen molar-refractivity contribution in [2.75, 3.05) is 13.9 Å². The predicted octanol–water partition coefficient (Wildman–Crippen LogP) is 0.347. The Morgan fingerprint density at radius 1 is 1.54 bits per heavy atom. The minimum Gasteiger partial charge on any atom is -0.356 e. The summed E-state index contributed by atoms with van der Waals surface area (Å²) in [6, 6.07) is 3.18. The molecule has 1 rings (SSSR count). The summed E-state index contributed by atoms with van der Waals surface area (Å²) in [7, 11) is 1.47. The van der Waals surface area contributed by atoms with Gasteiger partial charge in [0.05, 0.1) is 0 Å². The standard InChI is InChI=1S/C8H10N2O3/c1-12-6-13-10-8(11)7-2-4-9-5-3-7/h2-5H,6H2,1H3,(H,10,11). The second kappa shape index (κ2) is 5.23. The van der Waals surface area contributed by atoms with E-state index in [0.29, 0.717) is 5.56 Å². The highest BCUT2D eigenvalue weighted by Gasteiger charge is 2.02. The van der Waals surface area contributed by atoms with E-state index in [1.165, 1.54) is 19.5 Å². The molecule has 1 aromatic heterocycles. The third-order valence-corrected chi connectivity index (χ3v) is 1.28. The van der Waals surface area contributed by atoms with E-state index in [1.54, 1.807) is 12.1 Å². The maximum absolute atomic E-state index is 11.2. The number of hydroxylamine groups is 1. The number of nitrogens with one attached hydrogen (secondary N) is 1. The fourth-order valence-corrected chi connectivity index (χ4v) is 0.716. The normalized spacial score (nSPS) is 9.62. The van der Waals surface area contributed by atoms with Gasteiger partial charge < -0.3 is 4.74 Å². The first-order valence-corrected chi connectivity index (χ1v) is 3.65. The summed E-state index contributed by atoms with van der Waals surface area (Å²) in [5.41, 5.74) is 2.70. The van der Waals surface area contributed by atoms with Gasteiger partial charge in [0.15, 0.2) is 6.79 Å². The predicted molar refractivity (Wildman–Crippen MR) is 44.7 cm³/mol. The highest BCUT2D eigenvalue weighted by molar-refractivity contribution is 5.93. The summed E-state index contributed by atoms with van der Waals surface area (Å²) in [6.45, 7) is 0.0246. The summed E-state index contributed by atoms with van der Waals surface area (Å²) < 4.78 is 4.58. The van der Waals surface area contributed by atoms with Crippen molar-refractivity contribution in [3.8, 4) is 0 Å². The van der Waals surface area contributed by atoms with Crippen LogP contribution in [0.5, 0.6) is 0 Å². The molecule has 0 unspecified atom stereocenters. The summed E-state index contributed by atoms with van der Waals surface area (Å²) in [6.07, 6.45) is 3.07. The first-order valence-electron chi connectivity index (χ1n) is 3.65. The maximum atomic E-state index is 11.2. The van der Waals surface area contributed by atoms with Crippen molar-refractivity contribution >= 4 is 5.91 Å². The van der Waals surface area contributed by atoms with E-state index in [4.69, 9.17) is 0 Å². The Bertz CT molecular complexity index is 263. The minimum atomic E-state index is -0.320. The highest BCUT2D eigenvalue weighted by atomic mass is 16.8. The van der Waals surface area contributed by atoms with E-state index < -0.39 is 0 Å². The van der Waals surface area contributed by atoms with Crippen LogP contribution in [-0.2, 0) is 9.57 Å². The first-order chi connectivity index (χ1) is 6.34. The molecule has 70 valence electrons. The van der Waals surface area contributed by atoms with E-state index in [-0.39, 0.29) is 12.7 Å². The summed E-state index contributed by atoms with van der Waals surface area (Å²) in [5, 5.41) is 0. The number of aromatic nitrogens is 1. The van der Waals surface area contributed by atoms with Crippen LogP contribution in [0.15, 0.2) is 24.5 Å². The average Bonchev–Trinajstić information content (AvgIpc) is 2.19. The van der Waals surface area contributed by atoms with Crippen LogP contribution in [-0.4, -0.2) is 24.8 Å². The Hall–Kier alpha value is -1.46. The lowest BCUT2D eigenvalue weighted by atomic mass is 10.3. The average molecular weight is 182 g/mol. The number of nitrogens with zero attached hydrogens (tertiary/aromatic N) is 1. The van der Waals surface area contributed by atoms with Gasteiger partial charge in [-0.05, 0) is 12.1 Å². The van der Waals surface area contributed by atoms with Gasteiger partial charge in [0.1, 0.15) is 0 Å². The Morgan fingerprint density at radius 3 is 2.85 bits per heavy atom. The molecule has 5 nitrogen and oxygen atoms in total. The summed E-state index contributed by atoms with van der Waals surface area (Å²) in [5.74, 6) is -0.320. The summed E-state index contributed by atoms with van der Waals surface area (Å²) in [4.78, 5) is 19.6. The van der Waals surface area contributed by atoms with Gasteiger partial charge >= 0.3 is 0 Å². The molecule has 1 amide bonds. The number of rotatable bonds is 4. The molecule has 0 aliphatic rings. The number of carbonyl (C=O) groups is 1. The van der Waals surface area contributed by atoms with Gasteiger partial charge in [-0.25, -0.2) is 10.3 Å². The largest absolute Gasteiger partial charge is 0.356 e. The highest BCUT2D eigenvalue weighted by Crippen LogP contribution is 1.94. The number of amides is 1. The number of hydrogen-bond acceptors (Lipinski definition) is 4. The fraction of sp³-hybridized carbons (Fsp3) is 0.250. The zero-order valence-corrected chi connectivity index (χ0v) is 7.19. The van der Waals surface area contributed by atoms with E-state index >= 15 is 0 Å². The van der Waals surface area contributed by atoms with Gasteiger partial charge in [-0.3, -0.25) is 9.78 Å². The smallest absolute Gasteiger partial charge is 0.275 e. The Balaban J connectivity index is 2.40. The second-order valence-corrected chi connectivity index (χ2v) is 2.22. The van der Waals surface area contributed by atoms with E-state index in [0.717, 1.165) is 0 Å². The van der Waals surface area contributed by atoms with Crippen LogP contribution in [0, 0.1) is 0 Å². The molecule has 0 aliphatic carbocycles. The molecule has 0 radical (unpaired) electrons. The van der Waals surface area contributed by atoms with Crippen LogP contribution < -0.4 is 5.48 Å². The summed E-state index contributed by atoms with van der Waals surface area (Å²) >= 11 is 0. The van der Waals surface area contributed by atoms with Crippen LogP contribution in [0.1, 0.15) is 10.4 Å². The lowest BCUT2D eigenvalue weighted by molar-refractivity contribution is -0.0704. The molecular formula is C8H10N2O3. The number of carbonyl (C=O) groups excluding carboxylic acids is 1. The topological polar surface area (TPSA) is 60.5 Å². The molecule has 0 aromatic carbocycles. The molecule has 0 bridgehead atoms. The molecule has 0 atom stereocenters. The molecule has 1 heterocycles. The van der Waals surface area contributed by atoms with Crippen molar-refractivity contribution in [3.63, 3.8) is 0 Å². The van der Waals surface area contributed by atoms with Gasteiger partial charge in [-0.15, -0.1) is 0 Å². The van der Waals surface area contributed by atoms with Gasteiger partial charge in [0.2, 0.25) is 0 Å². The van der Waals surface area contributed by atoms with Crippen LogP contribution in [0.4, 0.5) is 0 Å².